The first-order valence-electron chi connectivity index (χ1n) is 5.03. The van der Waals surface area contributed by atoms with Crippen LogP contribution in [0.3, 0.4) is 0 Å². The van der Waals surface area contributed by atoms with E-state index in [-0.39, 0.29) is 20.3 Å². The van der Waals surface area contributed by atoms with Crippen LogP contribution in [0.4, 0.5) is 5.00 Å². The number of rotatable bonds is 5. The fourth-order valence-corrected chi connectivity index (χ4v) is 4.60. The van der Waals surface area contributed by atoms with Crippen molar-refractivity contribution < 1.29 is 23.1 Å². The third-order valence-corrected chi connectivity index (χ3v) is 5.99. The fourth-order valence-electron chi connectivity index (χ4n) is 1.32. The van der Waals surface area contributed by atoms with Crippen molar-refractivity contribution in [3.8, 4) is 0 Å². The number of hydrogen-bond donors (Lipinski definition) is 3. The van der Waals surface area contributed by atoms with Crippen molar-refractivity contribution in [2.75, 3.05) is 4.72 Å². The fraction of sp³-hybridized carbons (Fsp3) is 0. The van der Waals surface area contributed by atoms with E-state index >= 15 is 0 Å². The second kappa shape index (κ2) is 5.23. The number of primary amides is 1. The molecule has 0 unspecified atom stereocenters. The molecule has 0 saturated heterocycles. The molecule has 0 saturated carbocycles. The van der Waals surface area contributed by atoms with Crippen LogP contribution in [0.1, 0.15) is 20.7 Å². The van der Waals surface area contributed by atoms with Crippen molar-refractivity contribution >= 4 is 49.6 Å². The molecular weight excluding hydrogens is 324 g/mol. The number of sulfonamides is 1. The number of hydrogen-bond acceptors (Lipinski definition) is 6. The van der Waals surface area contributed by atoms with Gasteiger partial charge in [0.2, 0.25) is 0 Å². The van der Waals surface area contributed by atoms with E-state index in [0.717, 1.165) is 28.7 Å². The highest BCUT2D eigenvalue weighted by molar-refractivity contribution is 7.94. The van der Waals surface area contributed by atoms with Crippen molar-refractivity contribution in [1.29, 1.82) is 0 Å². The smallest absolute Gasteiger partial charge is 0.336 e. The normalized spacial score (nSPS) is 11.2. The minimum absolute atomic E-state index is 0.0635. The predicted molar refractivity (Wildman–Crippen MR) is 74.9 cm³/mol. The Hall–Kier alpha value is -1.91. The molecule has 0 aliphatic heterocycles. The zero-order valence-corrected chi connectivity index (χ0v) is 12.1. The first-order chi connectivity index (χ1) is 9.31. The molecule has 10 heteroatoms. The lowest BCUT2D eigenvalue weighted by Crippen LogP contribution is -2.16. The molecule has 0 aliphatic rings. The number of anilines is 1. The highest BCUT2D eigenvalue weighted by Crippen LogP contribution is 2.28. The lowest BCUT2D eigenvalue weighted by molar-refractivity contribution is 0.0697. The van der Waals surface area contributed by atoms with Crippen LogP contribution in [0.5, 0.6) is 0 Å². The largest absolute Gasteiger partial charge is 0.478 e. The van der Waals surface area contributed by atoms with Gasteiger partial charge in [0.05, 0.1) is 11.1 Å². The van der Waals surface area contributed by atoms with Gasteiger partial charge in [-0.3, -0.25) is 9.52 Å². The maximum atomic E-state index is 12.1. The molecule has 7 nitrogen and oxygen atoms in total. The molecule has 0 atom stereocenters. The number of thiophene rings is 2. The van der Waals surface area contributed by atoms with E-state index in [9.17, 15) is 18.0 Å². The van der Waals surface area contributed by atoms with Gasteiger partial charge in [-0.2, -0.15) is 0 Å². The minimum atomic E-state index is -3.94. The van der Waals surface area contributed by atoms with Gasteiger partial charge >= 0.3 is 5.97 Å². The van der Waals surface area contributed by atoms with Crippen LogP contribution in [0.2, 0.25) is 0 Å². The molecule has 2 heterocycles. The first kappa shape index (κ1) is 14.5. The van der Waals surface area contributed by atoms with Crippen LogP contribution < -0.4 is 10.5 Å². The number of amides is 1. The second-order valence-corrected chi connectivity index (χ2v) is 7.33. The summed E-state index contributed by atoms with van der Waals surface area (Å²) in [6.07, 6.45) is 0. The van der Waals surface area contributed by atoms with Gasteiger partial charge in [0, 0.05) is 5.38 Å². The summed E-state index contributed by atoms with van der Waals surface area (Å²) < 4.78 is 26.2. The van der Waals surface area contributed by atoms with E-state index in [4.69, 9.17) is 10.8 Å². The van der Waals surface area contributed by atoms with Gasteiger partial charge in [0.25, 0.3) is 15.9 Å². The quantitative estimate of drug-likeness (QED) is 0.763. The van der Waals surface area contributed by atoms with Crippen molar-refractivity contribution in [2.45, 2.75) is 4.21 Å². The number of nitrogens with two attached hydrogens (primary N) is 1. The third-order valence-electron chi connectivity index (χ3n) is 2.24. The maximum absolute atomic E-state index is 12.1. The Morgan fingerprint density at radius 3 is 2.55 bits per heavy atom. The van der Waals surface area contributed by atoms with Crippen molar-refractivity contribution in [3.05, 3.63) is 34.0 Å². The molecule has 2 aromatic heterocycles. The summed E-state index contributed by atoms with van der Waals surface area (Å²) in [6.45, 7) is 0. The number of nitrogens with one attached hydrogen (secondary N) is 1. The van der Waals surface area contributed by atoms with Crippen molar-refractivity contribution in [2.24, 2.45) is 5.73 Å². The molecule has 0 aromatic carbocycles. The van der Waals surface area contributed by atoms with Crippen LogP contribution in [0.15, 0.2) is 27.1 Å². The van der Waals surface area contributed by atoms with Gasteiger partial charge in [-0.05, 0) is 17.5 Å². The van der Waals surface area contributed by atoms with E-state index in [1.165, 1.54) is 16.8 Å². The average Bonchev–Trinajstić information content (AvgIpc) is 2.95. The lowest BCUT2D eigenvalue weighted by atomic mass is 10.3. The van der Waals surface area contributed by atoms with Gasteiger partial charge < -0.3 is 10.8 Å². The Labute approximate surface area is 121 Å². The maximum Gasteiger partial charge on any atom is 0.336 e. The van der Waals surface area contributed by atoms with Crippen LogP contribution in [-0.4, -0.2) is 25.4 Å². The van der Waals surface area contributed by atoms with Crippen LogP contribution in [0.25, 0.3) is 0 Å². The Bertz CT molecular complexity index is 774. The number of aromatic carboxylic acids is 1. The van der Waals surface area contributed by atoms with Gasteiger partial charge in [0.15, 0.2) is 0 Å². The Morgan fingerprint density at radius 1 is 1.30 bits per heavy atom. The summed E-state index contributed by atoms with van der Waals surface area (Å²) in [4.78, 5) is 21.9. The molecule has 2 rings (SSSR count). The van der Waals surface area contributed by atoms with Gasteiger partial charge in [0.1, 0.15) is 9.21 Å². The molecule has 106 valence electrons. The number of carbonyl (C=O) groups is 2. The molecule has 0 bridgehead atoms. The Morgan fingerprint density at radius 2 is 2.00 bits per heavy atom. The standard InChI is InChI=1S/C10H8N2O5S3/c11-8(13)6-1-2-18-9(6)12-20(16,17)7-3-5(4-19-7)10(14)15/h1-4,12H,(H2,11,13)(H,14,15). The van der Waals surface area contributed by atoms with E-state index in [0.29, 0.717) is 0 Å². The van der Waals surface area contributed by atoms with Crippen LogP contribution in [0, 0.1) is 0 Å². The monoisotopic (exact) mass is 332 g/mol. The lowest BCUT2D eigenvalue weighted by Gasteiger charge is -2.05. The number of carbonyl (C=O) groups excluding carboxylic acids is 1. The third kappa shape index (κ3) is 2.81. The highest BCUT2D eigenvalue weighted by atomic mass is 32.2. The zero-order valence-electron chi connectivity index (χ0n) is 9.69. The molecule has 20 heavy (non-hydrogen) atoms. The first-order valence-corrected chi connectivity index (χ1v) is 8.27. The second-order valence-electron chi connectivity index (χ2n) is 3.59. The summed E-state index contributed by atoms with van der Waals surface area (Å²) in [5.41, 5.74) is 5.07. The summed E-state index contributed by atoms with van der Waals surface area (Å²) in [7, 11) is -3.94. The Balaban J connectivity index is 2.33. The topological polar surface area (TPSA) is 127 Å². The molecule has 2 aromatic rings. The predicted octanol–water partition coefficient (Wildman–Crippen LogP) is 1.41. The average molecular weight is 332 g/mol. The highest BCUT2D eigenvalue weighted by Gasteiger charge is 2.21. The molecule has 1 amide bonds. The molecule has 0 radical (unpaired) electrons. The summed E-state index contributed by atoms with van der Waals surface area (Å²) >= 11 is 1.79. The van der Waals surface area contributed by atoms with E-state index in [1.54, 1.807) is 0 Å². The molecule has 4 N–H and O–H groups in total. The van der Waals surface area contributed by atoms with Gasteiger partial charge in [-0.1, -0.05) is 0 Å². The molecular formula is C10H8N2O5S3. The molecule has 0 fully saturated rings. The summed E-state index contributed by atoms with van der Waals surface area (Å²) in [5, 5.41) is 11.6. The SMILES string of the molecule is NC(=O)c1ccsc1NS(=O)(=O)c1cc(C(=O)O)cs1. The summed E-state index contributed by atoms with van der Waals surface area (Å²) in [6, 6.07) is 2.45. The van der Waals surface area contributed by atoms with Crippen molar-refractivity contribution in [1.82, 2.24) is 0 Å². The van der Waals surface area contributed by atoms with E-state index < -0.39 is 21.9 Å². The van der Waals surface area contributed by atoms with E-state index in [2.05, 4.69) is 4.72 Å². The van der Waals surface area contributed by atoms with Gasteiger partial charge in [-0.15, -0.1) is 22.7 Å². The van der Waals surface area contributed by atoms with Crippen LogP contribution in [-0.2, 0) is 10.0 Å². The Kier molecular flexibility index (Phi) is 3.79. The van der Waals surface area contributed by atoms with Gasteiger partial charge in [-0.25, -0.2) is 13.2 Å². The van der Waals surface area contributed by atoms with E-state index in [1.807, 2.05) is 0 Å². The zero-order chi connectivity index (χ0) is 14.9. The molecule has 0 spiro atoms. The minimum Gasteiger partial charge on any atom is -0.478 e. The number of carboxylic acid groups (broad SMARTS) is 1. The number of carboxylic acids is 1. The summed E-state index contributed by atoms with van der Waals surface area (Å²) in [5.74, 6) is -1.96. The molecule has 0 aliphatic carbocycles. The van der Waals surface area contributed by atoms with Crippen molar-refractivity contribution in [3.63, 3.8) is 0 Å². The van der Waals surface area contributed by atoms with Crippen LogP contribution >= 0.6 is 22.7 Å².